The Kier molecular flexibility index (Phi) is 7.94. The SMILES string of the molecule is CCCOc1ccc(Br)cc1C=NNC(=O)[C@@H](C)Oc1cccc(Cl)c1. The van der Waals surface area contributed by atoms with E-state index in [-0.39, 0.29) is 5.91 Å². The largest absolute Gasteiger partial charge is 0.493 e. The molecule has 0 aromatic heterocycles. The summed E-state index contributed by atoms with van der Waals surface area (Å²) in [5.74, 6) is 0.856. The van der Waals surface area contributed by atoms with E-state index in [1.54, 1.807) is 37.4 Å². The van der Waals surface area contributed by atoms with Crippen LogP contribution < -0.4 is 14.9 Å². The van der Waals surface area contributed by atoms with Gasteiger partial charge in [0.1, 0.15) is 11.5 Å². The predicted molar refractivity (Wildman–Crippen MR) is 107 cm³/mol. The van der Waals surface area contributed by atoms with Crippen LogP contribution in [0.15, 0.2) is 52.0 Å². The Morgan fingerprint density at radius 1 is 1.35 bits per heavy atom. The molecule has 0 heterocycles. The maximum atomic E-state index is 12.1. The van der Waals surface area contributed by atoms with E-state index >= 15 is 0 Å². The van der Waals surface area contributed by atoms with Crippen molar-refractivity contribution in [2.24, 2.45) is 5.10 Å². The molecule has 0 fully saturated rings. The summed E-state index contributed by atoms with van der Waals surface area (Å²) in [6.45, 7) is 4.29. The lowest BCUT2D eigenvalue weighted by Crippen LogP contribution is -2.33. The first-order chi connectivity index (χ1) is 12.5. The molecule has 2 aromatic carbocycles. The molecule has 0 bridgehead atoms. The molecular weight excluding hydrogens is 420 g/mol. The summed E-state index contributed by atoms with van der Waals surface area (Å²) in [6, 6.07) is 12.5. The lowest BCUT2D eigenvalue weighted by atomic mass is 10.2. The minimum Gasteiger partial charge on any atom is -0.493 e. The number of nitrogens with zero attached hydrogens (tertiary/aromatic N) is 1. The third-order valence-electron chi connectivity index (χ3n) is 3.29. The Labute approximate surface area is 166 Å². The average Bonchev–Trinajstić information content (AvgIpc) is 2.61. The van der Waals surface area contributed by atoms with E-state index in [4.69, 9.17) is 21.1 Å². The highest BCUT2D eigenvalue weighted by Gasteiger charge is 2.14. The third kappa shape index (κ3) is 6.35. The van der Waals surface area contributed by atoms with Gasteiger partial charge in [-0.3, -0.25) is 4.79 Å². The minimum atomic E-state index is -0.719. The van der Waals surface area contributed by atoms with Gasteiger partial charge in [-0.15, -0.1) is 0 Å². The van der Waals surface area contributed by atoms with Gasteiger partial charge in [0.2, 0.25) is 0 Å². The quantitative estimate of drug-likeness (QED) is 0.474. The van der Waals surface area contributed by atoms with Crippen molar-refractivity contribution in [3.63, 3.8) is 0 Å². The van der Waals surface area contributed by atoms with Crippen molar-refractivity contribution in [2.75, 3.05) is 6.61 Å². The Balaban J connectivity index is 1.96. The summed E-state index contributed by atoms with van der Waals surface area (Å²) in [5.41, 5.74) is 3.23. The maximum Gasteiger partial charge on any atom is 0.280 e. The number of hydrazone groups is 1. The number of halogens is 2. The summed E-state index contributed by atoms with van der Waals surface area (Å²) < 4.78 is 12.1. The molecule has 2 aromatic rings. The zero-order valence-corrected chi connectivity index (χ0v) is 16.9. The average molecular weight is 440 g/mol. The van der Waals surface area contributed by atoms with E-state index in [9.17, 15) is 4.79 Å². The van der Waals surface area contributed by atoms with Crippen molar-refractivity contribution in [1.82, 2.24) is 5.43 Å². The van der Waals surface area contributed by atoms with Gasteiger partial charge in [0.05, 0.1) is 12.8 Å². The van der Waals surface area contributed by atoms with Crippen LogP contribution >= 0.6 is 27.5 Å². The zero-order valence-electron chi connectivity index (χ0n) is 14.5. The van der Waals surface area contributed by atoms with E-state index in [0.29, 0.717) is 23.1 Å². The molecule has 1 amide bonds. The van der Waals surface area contributed by atoms with Gasteiger partial charge in [-0.05, 0) is 49.7 Å². The molecule has 0 unspecified atom stereocenters. The number of benzene rings is 2. The Bertz CT molecular complexity index is 783. The van der Waals surface area contributed by atoms with Crippen LogP contribution in [-0.2, 0) is 4.79 Å². The van der Waals surface area contributed by atoms with Crippen molar-refractivity contribution < 1.29 is 14.3 Å². The summed E-state index contributed by atoms with van der Waals surface area (Å²) in [7, 11) is 0. The number of amides is 1. The highest BCUT2D eigenvalue weighted by Crippen LogP contribution is 2.22. The van der Waals surface area contributed by atoms with E-state index in [2.05, 4.69) is 26.5 Å². The molecule has 138 valence electrons. The first-order valence-electron chi connectivity index (χ1n) is 8.17. The maximum absolute atomic E-state index is 12.1. The van der Waals surface area contributed by atoms with Crippen molar-refractivity contribution in [3.8, 4) is 11.5 Å². The number of rotatable bonds is 8. The molecule has 0 radical (unpaired) electrons. The predicted octanol–water partition coefficient (Wildman–Crippen LogP) is 4.81. The second kappa shape index (κ2) is 10.2. The molecule has 2 rings (SSSR count). The van der Waals surface area contributed by atoms with Crippen LogP contribution in [-0.4, -0.2) is 24.8 Å². The highest BCUT2D eigenvalue weighted by molar-refractivity contribution is 9.10. The number of nitrogens with one attached hydrogen (secondary N) is 1. The number of carbonyl (C=O) groups is 1. The lowest BCUT2D eigenvalue weighted by molar-refractivity contribution is -0.127. The fourth-order valence-corrected chi connectivity index (χ4v) is 2.58. The fraction of sp³-hybridized carbons (Fsp3) is 0.263. The van der Waals surface area contributed by atoms with Crippen LogP contribution in [0.25, 0.3) is 0 Å². The fourth-order valence-electron chi connectivity index (χ4n) is 2.02. The van der Waals surface area contributed by atoms with Gasteiger partial charge < -0.3 is 9.47 Å². The van der Waals surface area contributed by atoms with Gasteiger partial charge in [0.25, 0.3) is 5.91 Å². The number of ether oxygens (including phenoxy) is 2. The topological polar surface area (TPSA) is 59.9 Å². The first kappa shape index (κ1) is 20.3. The molecule has 0 aliphatic heterocycles. The Morgan fingerprint density at radius 2 is 2.15 bits per heavy atom. The second-order valence-corrected chi connectivity index (χ2v) is 6.83. The molecular formula is C19H20BrClN2O3. The summed E-state index contributed by atoms with van der Waals surface area (Å²) in [6.07, 6.45) is 1.73. The van der Waals surface area contributed by atoms with Crippen LogP contribution in [0.1, 0.15) is 25.8 Å². The molecule has 0 spiro atoms. The van der Waals surface area contributed by atoms with Crippen LogP contribution in [0, 0.1) is 0 Å². The summed E-state index contributed by atoms with van der Waals surface area (Å²) in [4.78, 5) is 12.1. The summed E-state index contributed by atoms with van der Waals surface area (Å²) in [5, 5.41) is 4.54. The molecule has 1 N–H and O–H groups in total. The Hall–Kier alpha value is -2.05. The van der Waals surface area contributed by atoms with Gasteiger partial charge in [0.15, 0.2) is 6.10 Å². The van der Waals surface area contributed by atoms with Gasteiger partial charge >= 0.3 is 0 Å². The Morgan fingerprint density at radius 3 is 2.88 bits per heavy atom. The monoisotopic (exact) mass is 438 g/mol. The van der Waals surface area contributed by atoms with Crippen LogP contribution in [0.2, 0.25) is 5.02 Å². The number of carbonyl (C=O) groups excluding carboxylic acids is 1. The zero-order chi connectivity index (χ0) is 18.9. The molecule has 0 saturated heterocycles. The molecule has 0 saturated carbocycles. The standard InChI is InChI=1S/C19H20BrClN2O3/c1-3-9-25-18-8-7-15(20)10-14(18)12-22-23-19(24)13(2)26-17-6-4-5-16(21)11-17/h4-8,10-13H,3,9H2,1-2H3,(H,23,24)/t13-/m1/s1. The lowest BCUT2D eigenvalue weighted by Gasteiger charge is -2.13. The van der Waals surface area contributed by atoms with Crippen molar-refractivity contribution in [3.05, 3.63) is 57.5 Å². The molecule has 26 heavy (non-hydrogen) atoms. The van der Waals surface area contributed by atoms with Crippen LogP contribution in [0.4, 0.5) is 0 Å². The van der Waals surface area contributed by atoms with Gasteiger partial charge in [-0.1, -0.05) is 40.5 Å². The molecule has 0 aliphatic carbocycles. The van der Waals surface area contributed by atoms with Gasteiger partial charge in [-0.25, -0.2) is 5.43 Å². The van der Waals surface area contributed by atoms with Crippen molar-refractivity contribution in [2.45, 2.75) is 26.4 Å². The minimum absolute atomic E-state index is 0.368. The first-order valence-corrected chi connectivity index (χ1v) is 9.34. The van der Waals surface area contributed by atoms with Gasteiger partial charge in [-0.2, -0.15) is 5.10 Å². The van der Waals surface area contributed by atoms with E-state index in [1.807, 2.05) is 25.1 Å². The molecule has 5 nitrogen and oxygen atoms in total. The third-order valence-corrected chi connectivity index (χ3v) is 4.02. The normalized spacial score (nSPS) is 12.0. The smallest absolute Gasteiger partial charge is 0.280 e. The van der Waals surface area contributed by atoms with E-state index in [0.717, 1.165) is 16.5 Å². The van der Waals surface area contributed by atoms with Crippen LogP contribution in [0.5, 0.6) is 11.5 Å². The van der Waals surface area contributed by atoms with Crippen molar-refractivity contribution >= 4 is 39.7 Å². The van der Waals surface area contributed by atoms with Gasteiger partial charge in [0, 0.05) is 15.1 Å². The van der Waals surface area contributed by atoms with E-state index < -0.39 is 6.10 Å². The highest BCUT2D eigenvalue weighted by atomic mass is 79.9. The molecule has 7 heteroatoms. The summed E-state index contributed by atoms with van der Waals surface area (Å²) >= 11 is 9.32. The number of hydrogen-bond donors (Lipinski definition) is 1. The molecule has 0 aliphatic rings. The van der Waals surface area contributed by atoms with E-state index in [1.165, 1.54) is 0 Å². The molecule has 1 atom stereocenters. The number of hydrogen-bond acceptors (Lipinski definition) is 4. The second-order valence-electron chi connectivity index (χ2n) is 5.48. The van der Waals surface area contributed by atoms with Crippen molar-refractivity contribution in [1.29, 1.82) is 0 Å². The van der Waals surface area contributed by atoms with Crippen LogP contribution in [0.3, 0.4) is 0 Å².